The van der Waals surface area contributed by atoms with E-state index < -0.39 is 15.6 Å². The van der Waals surface area contributed by atoms with Gasteiger partial charge >= 0.3 is 0 Å². The number of rotatable bonds is 3. The quantitative estimate of drug-likeness (QED) is 0.532. The minimum absolute atomic E-state index is 0.120. The monoisotopic (exact) mass is 439 g/mol. The predicted molar refractivity (Wildman–Crippen MR) is 109 cm³/mol. The van der Waals surface area contributed by atoms with Crippen LogP contribution in [0.5, 0.6) is 0 Å². The lowest BCUT2D eigenvalue weighted by molar-refractivity contribution is 0.104. The number of carbonyl (C=O) groups is 1. The first-order valence-electron chi connectivity index (χ1n) is 8.19. The van der Waals surface area contributed by atoms with E-state index in [-0.39, 0.29) is 9.80 Å². The fourth-order valence-electron chi connectivity index (χ4n) is 2.99. The molecule has 1 aliphatic heterocycles. The molecule has 0 bridgehead atoms. The van der Waals surface area contributed by atoms with Gasteiger partial charge in [0, 0.05) is 21.9 Å². The van der Waals surface area contributed by atoms with Gasteiger partial charge in [-0.05, 0) is 36.4 Å². The van der Waals surface area contributed by atoms with Crippen LogP contribution in [0.1, 0.15) is 10.4 Å². The number of benzene rings is 3. The van der Waals surface area contributed by atoms with Crippen molar-refractivity contribution in [2.75, 3.05) is 4.90 Å². The van der Waals surface area contributed by atoms with Crippen LogP contribution in [0.25, 0.3) is 0 Å². The van der Waals surface area contributed by atoms with E-state index in [4.69, 9.17) is 0 Å². The summed E-state index contributed by atoms with van der Waals surface area (Å²) in [7, 11) is -3.92. The Hall–Kier alpha value is -2.70. The molecule has 4 nitrogen and oxygen atoms in total. The summed E-state index contributed by atoms with van der Waals surface area (Å²) in [5.74, 6) is -0.521. The lowest BCUT2D eigenvalue weighted by Gasteiger charge is -2.28. The smallest absolute Gasteiger partial charge is 0.214 e. The first kappa shape index (κ1) is 17.7. The highest BCUT2D eigenvalue weighted by Crippen LogP contribution is 2.40. The number of fused-ring (bicyclic) bond motifs is 1. The number of nitrogens with zero attached hydrogens (tertiary/aromatic N) is 1. The van der Waals surface area contributed by atoms with Crippen LogP contribution >= 0.6 is 15.9 Å². The fourth-order valence-corrected chi connectivity index (χ4v) is 4.79. The molecule has 3 aromatic rings. The number of halogens is 1. The minimum atomic E-state index is -3.92. The predicted octanol–water partition coefficient (Wildman–Crippen LogP) is 5.10. The van der Waals surface area contributed by atoms with Crippen LogP contribution < -0.4 is 4.90 Å². The molecule has 1 aliphatic rings. The van der Waals surface area contributed by atoms with E-state index in [9.17, 15) is 13.2 Å². The second kappa shape index (κ2) is 6.79. The summed E-state index contributed by atoms with van der Waals surface area (Å²) in [5, 5.41) is 0. The zero-order valence-electron chi connectivity index (χ0n) is 14.0. The third-order valence-corrected chi connectivity index (χ3v) is 6.64. The molecule has 0 saturated carbocycles. The molecule has 0 unspecified atom stereocenters. The van der Waals surface area contributed by atoms with Crippen LogP contribution in [-0.4, -0.2) is 14.2 Å². The molecule has 0 amide bonds. The molecular weight excluding hydrogens is 426 g/mol. The van der Waals surface area contributed by atoms with E-state index in [0.717, 1.165) is 10.2 Å². The number of para-hydroxylation sites is 1. The molecule has 27 heavy (non-hydrogen) atoms. The van der Waals surface area contributed by atoms with Gasteiger partial charge in [-0.2, -0.15) is 0 Å². The fraction of sp³-hybridized carbons (Fsp3) is 0. The summed E-state index contributed by atoms with van der Waals surface area (Å²) in [6, 6.07) is 22.6. The number of hydrogen-bond acceptors (Lipinski definition) is 4. The number of hydrogen-bond donors (Lipinski definition) is 0. The summed E-state index contributed by atoms with van der Waals surface area (Å²) < 4.78 is 27.2. The lowest BCUT2D eigenvalue weighted by Crippen LogP contribution is -2.25. The van der Waals surface area contributed by atoms with Crippen molar-refractivity contribution in [3.05, 3.63) is 100 Å². The zero-order chi connectivity index (χ0) is 19.0. The molecule has 0 spiro atoms. The maximum Gasteiger partial charge on any atom is 0.214 e. The summed E-state index contributed by atoms with van der Waals surface area (Å²) in [5.41, 5.74) is 1.62. The van der Waals surface area contributed by atoms with Crippen LogP contribution in [0.3, 0.4) is 0 Å². The molecule has 134 valence electrons. The Bertz CT molecular complexity index is 1150. The molecule has 0 aliphatic carbocycles. The molecule has 0 N–H and O–H groups in total. The summed E-state index contributed by atoms with van der Waals surface area (Å²) in [6.45, 7) is 0. The molecule has 3 aromatic carbocycles. The Morgan fingerprint density at radius 3 is 2.15 bits per heavy atom. The van der Waals surface area contributed by atoms with Crippen LogP contribution in [0, 0.1) is 0 Å². The Labute approximate surface area is 165 Å². The van der Waals surface area contributed by atoms with Crippen molar-refractivity contribution in [2.24, 2.45) is 0 Å². The van der Waals surface area contributed by atoms with Gasteiger partial charge in [0.1, 0.15) is 4.91 Å². The highest BCUT2D eigenvalue weighted by molar-refractivity contribution is 9.10. The number of anilines is 2. The minimum Gasteiger partial charge on any atom is -0.314 e. The van der Waals surface area contributed by atoms with Crippen molar-refractivity contribution in [3.63, 3.8) is 0 Å². The van der Waals surface area contributed by atoms with E-state index >= 15 is 0 Å². The van der Waals surface area contributed by atoms with Gasteiger partial charge in [0.25, 0.3) is 0 Å². The molecule has 0 fully saturated rings. The maximum absolute atomic E-state index is 13.1. The number of carbonyl (C=O) groups excluding carboxylic acids is 1. The molecule has 1 heterocycles. The van der Waals surface area contributed by atoms with E-state index in [2.05, 4.69) is 15.9 Å². The van der Waals surface area contributed by atoms with Gasteiger partial charge in [0.15, 0.2) is 0 Å². The normalized spacial score (nSPS) is 15.0. The molecule has 0 atom stereocenters. The second-order valence-corrected chi connectivity index (χ2v) is 8.81. The Morgan fingerprint density at radius 2 is 1.44 bits per heavy atom. The summed E-state index contributed by atoms with van der Waals surface area (Å²) in [4.78, 5) is 14.6. The Morgan fingerprint density at radius 1 is 0.815 bits per heavy atom. The van der Waals surface area contributed by atoms with Gasteiger partial charge in [-0.3, -0.25) is 4.79 Å². The van der Waals surface area contributed by atoms with Crippen LogP contribution in [0.4, 0.5) is 11.4 Å². The zero-order valence-corrected chi connectivity index (χ0v) is 16.4. The molecular formula is C21H14BrNO3S. The Balaban J connectivity index is 1.93. The van der Waals surface area contributed by atoms with Crippen LogP contribution in [0.15, 0.2) is 99.3 Å². The Kier molecular flexibility index (Phi) is 4.45. The lowest BCUT2D eigenvalue weighted by atomic mass is 10.1. The largest absolute Gasteiger partial charge is 0.314 e. The van der Waals surface area contributed by atoms with Gasteiger partial charge in [-0.25, -0.2) is 8.42 Å². The summed E-state index contributed by atoms with van der Waals surface area (Å²) >= 11 is 3.40. The van der Waals surface area contributed by atoms with Crippen molar-refractivity contribution in [2.45, 2.75) is 4.90 Å². The number of Topliss-reactive ketones (excluding diaryl/α,β-unsaturated/α-hetero) is 1. The van der Waals surface area contributed by atoms with Gasteiger partial charge in [0.05, 0.1) is 10.6 Å². The van der Waals surface area contributed by atoms with E-state index in [0.29, 0.717) is 11.3 Å². The van der Waals surface area contributed by atoms with Gasteiger partial charge in [0.2, 0.25) is 15.6 Å². The first-order chi connectivity index (χ1) is 13.0. The van der Waals surface area contributed by atoms with Crippen molar-refractivity contribution in [1.29, 1.82) is 0 Å². The third-order valence-electron chi connectivity index (χ3n) is 4.31. The van der Waals surface area contributed by atoms with Crippen molar-refractivity contribution < 1.29 is 13.2 Å². The standard InChI is InChI=1S/C21H14BrNO3S/c22-16-10-12-17(13-11-16)23-14-20(21(24)15-6-2-1-3-7-15)27(25,26)19-9-5-4-8-18(19)23/h1-14H. The molecule has 0 radical (unpaired) electrons. The molecule has 6 heteroatoms. The average Bonchev–Trinajstić information content (AvgIpc) is 2.69. The second-order valence-electron chi connectivity index (χ2n) is 6.01. The van der Waals surface area contributed by atoms with E-state index in [1.807, 2.05) is 24.3 Å². The highest BCUT2D eigenvalue weighted by Gasteiger charge is 2.35. The molecule has 0 saturated heterocycles. The van der Waals surface area contributed by atoms with Crippen molar-refractivity contribution in [1.82, 2.24) is 0 Å². The van der Waals surface area contributed by atoms with E-state index in [1.54, 1.807) is 53.4 Å². The number of sulfone groups is 1. The van der Waals surface area contributed by atoms with Crippen LogP contribution in [0.2, 0.25) is 0 Å². The van der Waals surface area contributed by atoms with Gasteiger partial charge in [-0.1, -0.05) is 58.4 Å². The van der Waals surface area contributed by atoms with Gasteiger partial charge < -0.3 is 4.90 Å². The number of allylic oxidation sites excluding steroid dienone is 1. The van der Waals surface area contributed by atoms with Gasteiger partial charge in [-0.15, -0.1) is 0 Å². The summed E-state index contributed by atoms with van der Waals surface area (Å²) in [6.07, 6.45) is 1.41. The van der Waals surface area contributed by atoms with E-state index in [1.165, 1.54) is 12.3 Å². The van der Waals surface area contributed by atoms with Crippen LogP contribution in [-0.2, 0) is 9.84 Å². The topological polar surface area (TPSA) is 54.5 Å². The highest BCUT2D eigenvalue weighted by atomic mass is 79.9. The maximum atomic E-state index is 13.1. The molecule has 0 aromatic heterocycles. The van der Waals surface area contributed by atoms with Crippen molar-refractivity contribution in [3.8, 4) is 0 Å². The average molecular weight is 440 g/mol. The third kappa shape index (κ3) is 3.11. The first-order valence-corrected chi connectivity index (χ1v) is 10.5. The SMILES string of the molecule is O=C(C1=CN(c2ccc(Br)cc2)c2ccccc2S1(=O)=O)c1ccccc1. The van der Waals surface area contributed by atoms with Crippen molar-refractivity contribution >= 4 is 42.9 Å². The number of ketones is 1. The molecule has 4 rings (SSSR count).